The van der Waals surface area contributed by atoms with Crippen LogP contribution in [0.15, 0.2) is 22.8 Å². The highest BCUT2D eigenvalue weighted by Gasteiger charge is 1.98. The molecule has 1 aromatic rings. The van der Waals surface area contributed by atoms with Gasteiger partial charge in [-0.1, -0.05) is 15.9 Å². The average Bonchev–Trinajstić information content (AvgIpc) is 2.01. The van der Waals surface area contributed by atoms with Crippen molar-refractivity contribution >= 4 is 21.8 Å². The molecule has 0 aliphatic carbocycles. The molecule has 1 radical (unpaired) electrons. The molecule has 0 bridgehead atoms. The standard InChI is InChI=1S/C8H8BrN2O/c9-6-3-4-11-7(5-6)1-2-8(10)12/h1,3-5H,2H2,(H2,10,12). The second-order valence-corrected chi connectivity index (χ2v) is 3.19. The number of amides is 1. The SMILES string of the molecule is NC(=O)C[CH]c1cc(Br)ccn1. The molecule has 12 heavy (non-hydrogen) atoms. The maximum absolute atomic E-state index is 10.4. The van der Waals surface area contributed by atoms with Crippen LogP contribution in [-0.2, 0) is 4.79 Å². The van der Waals surface area contributed by atoms with Gasteiger partial charge in [-0.25, -0.2) is 0 Å². The minimum atomic E-state index is -0.350. The number of aromatic nitrogens is 1. The summed E-state index contributed by atoms with van der Waals surface area (Å²) >= 11 is 3.29. The van der Waals surface area contributed by atoms with Crippen LogP contribution in [-0.4, -0.2) is 10.9 Å². The fourth-order valence-corrected chi connectivity index (χ4v) is 1.09. The van der Waals surface area contributed by atoms with Crippen molar-refractivity contribution in [2.45, 2.75) is 6.42 Å². The van der Waals surface area contributed by atoms with Crippen LogP contribution >= 0.6 is 15.9 Å². The predicted molar refractivity (Wildman–Crippen MR) is 49.2 cm³/mol. The van der Waals surface area contributed by atoms with E-state index in [9.17, 15) is 4.79 Å². The van der Waals surface area contributed by atoms with Crippen molar-refractivity contribution in [2.75, 3.05) is 0 Å². The Kier molecular flexibility index (Phi) is 3.22. The lowest BCUT2D eigenvalue weighted by atomic mass is 10.2. The molecule has 0 saturated heterocycles. The Morgan fingerprint density at radius 2 is 2.50 bits per heavy atom. The summed E-state index contributed by atoms with van der Waals surface area (Å²) in [5.74, 6) is -0.350. The lowest BCUT2D eigenvalue weighted by molar-refractivity contribution is -0.117. The molecule has 1 rings (SSSR count). The Hall–Kier alpha value is -0.900. The number of nitrogens with two attached hydrogens (primary N) is 1. The zero-order valence-corrected chi connectivity index (χ0v) is 7.91. The topological polar surface area (TPSA) is 56.0 Å². The minimum absolute atomic E-state index is 0.226. The number of halogens is 1. The number of primary amides is 1. The summed E-state index contributed by atoms with van der Waals surface area (Å²) in [5, 5.41) is 0. The van der Waals surface area contributed by atoms with Gasteiger partial charge < -0.3 is 5.73 Å². The molecular weight excluding hydrogens is 220 g/mol. The highest BCUT2D eigenvalue weighted by molar-refractivity contribution is 9.10. The van der Waals surface area contributed by atoms with Crippen molar-refractivity contribution in [2.24, 2.45) is 5.73 Å². The van der Waals surface area contributed by atoms with Crippen LogP contribution in [0, 0.1) is 6.42 Å². The molecule has 1 amide bonds. The van der Waals surface area contributed by atoms with E-state index < -0.39 is 0 Å². The molecule has 0 saturated carbocycles. The zero-order chi connectivity index (χ0) is 8.97. The first-order chi connectivity index (χ1) is 5.68. The maximum atomic E-state index is 10.4. The van der Waals surface area contributed by atoms with Crippen molar-refractivity contribution in [3.05, 3.63) is 34.9 Å². The van der Waals surface area contributed by atoms with Gasteiger partial charge in [0.1, 0.15) is 0 Å². The molecule has 1 heterocycles. The molecule has 4 heteroatoms. The van der Waals surface area contributed by atoms with Gasteiger partial charge in [0.25, 0.3) is 0 Å². The molecule has 0 aliphatic heterocycles. The van der Waals surface area contributed by atoms with Gasteiger partial charge >= 0.3 is 0 Å². The van der Waals surface area contributed by atoms with Gasteiger partial charge in [-0.15, -0.1) is 0 Å². The molecule has 2 N–H and O–H groups in total. The average molecular weight is 228 g/mol. The summed E-state index contributed by atoms with van der Waals surface area (Å²) < 4.78 is 0.938. The summed E-state index contributed by atoms with van der Waals surface area (Å²) in [7, 11) is 0. The first-order valence-corrected chi connectivity index (χ1v) is 4.21. The third-order valence-corrected chi connectivity index (χ3v) is 1.75. The Morgan fingerprint density at radius 1 is 1.75 bits per heavy atom. The molecule has 63 valence electrons. The Balaban J connectivity index is 2.57. The summed E-state index contributed by atoms with van der Waals surface area (Å²) in [6.45, 7) is 0. The van der Waals surface area contributed by atoms with Gasteiger partial charge in [-0.2, -0.15) is 0 Å². The third kappa shape index (κ3) is 3.00. The summed E-state index contributed by atoms with van der Waals surface area (Å²) in [5.41, 5.74) is 5.72. The van der Waals surface area contributed by atoms with Crippen molar-refractivity contribution in [3.8, 4) is 0 Å². The lowest BCUT2D eigenvalue weighted by Crippen LogP contribution is -2.10. The number of hydrogen-bond donors (Lipinski definition) is 1. The van der Waals surface area contributed by atoms with Crippen LogP contribution in [0.25, 0.3) is 0 Å². The Bertz CT molecular complexity index is 288. The molecule has 0 aromatic carbocycles. The summed E-state index contributed by atoms with van der Waals surface area (Å²) in [6.07, 6.45) is 3.58. The number of carbonyl (C=O) groups excluding carboxylic acids is 1. The van der Waals surface area contributed by atoms with Crippen LogP contribution in [0.2, 0.25) is 0 Å². The van der Waals surface area contributed by atoms with Crippen molar-refractivity contribution in [3.63, 3.8) is 0 Å². The molecule has 0 atom stereocenters. The highest BCUT2D eigenvalue weighted by atomic mass is 79.9. The molecule has 1 aromatic heterocycles. The second-order valence-electron chi connectivity index (χ2n) is 2.27. The largest absolute Gasteiger partial charge is 0.370 e. The van der Waals surface area contributed by atoms with E-state index in [2.05, 4.69) is 20.9 Å². The van der Waals surface area contributed by atoms with Crippen LogP contribution in [0.4, 0.5) is 0 Å². The summed E-state index contributed by atoms with van der Waals surface area (Å²) in [4.78, 5) is 14.4. The van der Waals surface area contributed by atoms with Crippen LogP contribution in [0.5, 0.6) is 0 Å². The quantitative estimate of drug-likeness (QED) is 0.846. The fourth-order valence-electron chi connectivity index (χ4n) is 0.738. The monoisotopic (exact) mass is 227 g/mol. The maximum Gasteiger partial charge on any atom is 0.218 e. The molecule has 0 aliphatic rings. The van der Waals surface area contributed by atoms with Crippen LogP contribution in [0.3, 0.4) is 0 Å². The minimum Gasteiger partial charge on any atom is -0.370 e. The van der Waals surface area contributed by atoms with Gasteiger partial charge in [0.2, 0.25) is 5.91 Å². The lowest BCUT2D eigenvalue weighted by Gasteiger charge is -1.97. The van der Waals surface area contributed by atoms with Crippen molar-refractivity contribution in [1.82, 2.24) is 4.98 Å². The van der Waals surface area contributed by atoms with Crippen LogP contribution in [0.1, 0.15) is 12.1 Å². The molecular formula is C8H8BrN2O. The molecule has 0 fully saturated rings. The number of pyridine rings is 1. The van der Waals surface area contributed by atoms with E-state index in [1.54, 1.807) is 12.6 Å². The van der Waals surface area contributed by atoms with Gasteiger partial charge in [0, 0.05) is 29.2 Å². The third-order valence-electron chi connectivity index (χ3n) is 1.26. The van der Waals surface area contributed by atoms with Crippen molar-refractivity contribution < 1.29 is 4.79 Å². The van der Waals surface area contributed by atoms with E-state index in [1.807, 2.05) is 12.1 Å². The van der Waals surface area contributed by atoms with Gasteiger partial charge in [0.05, 0.1) is 0 Å². The zero-order valence-electron chi connectivity index (χ0n) is 6.33. The van der Waals surface area contributed by atoms with E-state index in [0.717, 1.165) is 10.2 Å². The number of nitrogens with zero attached hydrogens (tertiary/aromatic N) is 1. The van der Waals surface area contributed by atoms with E-state index in [1.165, 1.54) is 0 Å². The highest BCUT2D eigenvalue weighted by Crippen LogP contribution is 2.11. The Morgan fingerprint density at radius 3 is 3.08 bits per heavy atom. The molecule has 0 unspecified atom stereocenters. The number of rotatable bonds is 3. The van der Waals surface area contributed by atoms with Gasteiger partial charge in [-0.05, 0) is 12.1 Å². The fraction of sp³-hybridized carbons (Fsp3) is 0.125. The van der Waals surface area contributed by atoms with E-state index in [-0.39, 0.29) is 12.3 Å². The second kappa shape index (κ2) is 4.21. The van der Waals surface area contributed by atoms with E-state index in [0.29, 0.717) is 0 Å². The smallest absolute Gasteiger partial charge is 0.218 e. The predicted octanol–water partition coefficient (Wildman–Crippen LogP) is 1.27. The van der Waals surface area contributed by atoms with Gasteiger partial charge in [-0.3, -0.25) is 9.78 Å². The number of hydrogen-bond acceptors (Lipinski definition) is 2. The van der Waals surface area contributed by atoms with E-state index >= 15 is 0 Å². The van der Waals surface area contributed by atoms with Crippen LogP contribution < -0.4 is 5.73 Å². The molecule has 3 nitrogen and oxygen atoms in total. The molecule has 0 spiro atoms. The first kappa shape index (κ1) is 9.19. The van der Waals surface area contributed by atoms with Crippen molar-refractivity contribution in [1.29, 1.82) is 0 Å². The Labute approximate surface area is 79.1 Å². The van der Waals surface area contributed by atoms with E-state index in [4.69, 9.17) is 5.73 Å². The normalized spacial score (nSPS) is 9.75. The summed E-state index contributed by atoms with van der Waals surface area (Å²) in [6, 6.07) is 3.64. The number of carbonyl (C=O) groups is 1. The van der Waals surface area contributed by atoms with Gasteiger partial charge in [0.15, 0.2) is 0 Å². The first-order valence-electron chi connectivity index (χ1n) is 3.41.